The number of H-pyrrole nitrogens is 1. The van der Waals surface area contributed by atoms with Crippen LogP contribution in [0.25, 0.3) is 11.0 Å². The van der Waals surface area contributed by atoms with Gasteiger partial charge in [-0.1, -0.05) is 12.1 Å². The molecule has 3 rings (SSSR count). The first kappa shape index (κ1) is 14.5. The number of benzene rings is 1. The number of carbonyl (C=O) groups is 1. The van der Waals surface area contributed by atoms with Crippen molar-refractivity contribution in [3.63, 3.8) is 0 Å². The number of hydrogen-bond acceptors (Lipinski definition) is 7. The summed E-state index contributed by atoms with van der Waals surface area (Å²) in [5.74, 6) is -1.55. The lowest BCUT2D eigenvalue weighted by Crippen LogP contribution is -2.16. The number of esters is 1. The minimum absolute atomic E-state index is 0.208. The predicted molar refractivity (Wildman–Crippen MR) is 81.8 cm³/mol. The molecular formula is C15H12N6O2. The zero-order valence-corrected chi connectivity index (χ0v) is 12.1. The minimum atomic E-state index is -1.17. The molecule has 23 heavy (non-hydrogen) atoms. The molecular weight excluding hydrogens is 296 g/mol. The number of aromatic nitrogens is 4. The van der Waals surface area contributed by atoms with E-state index in [0.717, 1.165) is 0 Å². The summed E-state index contributed by atoms with van der Waals surface area (Å²) in [5, 5.41) is 18.9. The molecule has 0 aliphatic heterocycles. The van der Waals surface area contributed by atoms with E-state index in [-0.39, 0.29) is 5.69 Å². The third-order valence-corrected chi connectivity index (χ3v) is 3.20. The molecule has 2 aromatic heterocycles. The van der Waals surface area contributed by atoms with Crippen molar-refractivity contribution in [1.29, 1.82) is 5.26 Å². The van der Waals surface area contributed by atoms with Gasteiger partial charge >= 0.3 is 5.97 Å². The van der Waals surface area contributed by atoms with Gasteiger partial charge in [0.25, 0.3) is 0 Å². The van der Waals surface area contributed by atoms with E-state index < -0.39 is 11.9 Å². The van der Waals surface area contributed by atoms with Gasteiger partial charge in [-0.2, -0.15) is 10.4 Å². The van der Waals surface area contributed by atoms with Crippen LogP contribution in [-0.2, 0) is 9.53 Å². The van der Waals surface area contributed by atoms with Gasteiger partial charge < -0.3 is 10.1 Å². The normalized spacial score (nSPS) is 11.7. The van der Waals surface area contributed by atoms with Gasteiger partial charge in [0, 0.05) is 6.20 Å². The van der Waals surface area contributed by atoms with Crippen LogP contribution in [0.1, 0.15) is 11.6 Å². The second kappa shape index (κ2) is 6.11. The topological polar surface area (TPSA) is 117 Å². The maximum absolute atomic E-state index is 11.9. The summed E-state index contributed by atoms with van der Waals surface area (Å²) in [5.41, 5.74) is 2.07. The molecule has 2 N–H and O–H groups in total. The first-order chi connectivity index (χ1) is 11.2. The van der Waals surface area contributed by atoms with Gasteiger partial charge in [-0.05, 0) is 12.1 Å². The maximum atomic E-state index is 11.9. The Morgan fingerprint density at radius 2 is 2.09 bits per heavy atom. The van der Waals surface area contributed by atoms with Crippen LogP contribution in [0.3, 0.4) is 0 Å². The Morgan fingerprint density at radius 1 is 1.35 bits per heavy atom. The number of carbonyl (C=O) groups excluding carboxylic acids is 1. The molecule has 0 spiro atoms. The van der Waals surface area contributed by atoms with Gasteiger partial charge in [-0.25, -0.2) is 9.97 Å². The molecule has 8 heteroatoms. The SMILES string of the molecule is COC(=O)C(C#N)c1nc2ccccc2nc1Nc1cn[nH]c1. The zero-order valence-electron chi connectivity index (χ0n) is 12.1. The Hall–Kier alpha value is -3.47. The van der Waals surface area contributed by atoms with Crippen molar-refractivity contribution in [2.24, 2.45) is 0 Å². The van der Waals surface area contributed by atoms with Crippen LogP contribution < -0.4 is 5.32 Å². The molecule has 1 aromatic carbocycles. The van der Waals surface area contributed by atoms with Gasteiger partial charge in [0.2, 0.25) is 0 Å². The average molecular weight is 308 g/mol. The summed E-state index contributed by atoms with van der Waals surface area (Å²) in [6.45, 7) is 0. The molecule has 0 radical (unpaired) electrons. The Kier molecular flexibility index (Phi) is 3.84. The number of nitrogens with zero attached hydrogens (tertiary/aromatic N) is 4. The van der Waals surface area contributed by atoms with Gasteiger partial charge in [-0.15, -0.1) is 0 Å². The van der Waals surface area contributed by atoms with Crippen LogP contribution in [0, 0.1) is 11.3 Å². The number of para-hydroxylation sites is 2. The van der Waals surface area contributed by atoms with Crippen LogP contribution in [-0.4, -0.2) is 33.2 Å². The predicted octanol–water partition coefficient (Wildman–Crippen LogP) is 1.88. The van der Waals surface area contributed by atoms with E-state index >= 15 is 0 Å². The molecule has 0 bridgehead atoms. The average Bonchev–Trinajstić information content (AvgIpc) is 3.08. The molecule has 0 saturated carbocycles. The van der Waals surface area contributed by atoms with Gasteiger partial charge in [-0.3, -0.25) is 9.89 Å². The molecule has 114 valence electrons. The Labute approximate surface area is 131 Å². The summed E-state index contributed by atoms with van der Waals surface area (Å²) in [4.78, 5) is 20.8. The third kappa shape index (κ3) is 2.80. The highest BCUT2D eigenvalue weighted by atomic mass is 16.5. The van der Waals surface area contributed by atoms with Crippen molar-refractivity contribution in [3.8, 4) is 6.07 Å². The second-order valence-corrected chi connectivity index (χ2v) is 4.64. The maximum Gasteiger partial charge on any atom is 0.329 e. The lowest BCUT2D eigenvalue weighted by Gasteiger charge is -2.13. The largest absolute Gasteiger partial charge is 0.468 e. The number of rotatable bonds is 4. The molecule has 0 fully saturated rings. The fourth-order valence-corrected chi connectivity index (χ4v) is 2.11. The van der Waals surface area contributed by atoms with E-state index in [1.165, 1.54) is 7.11 Å². The van der Waals surface area contributed by atoms with Crippen molar-refractivity contribution < 1.29 is 9.53 Å². The van der Waals surface area contributed by atoms with Crippen LogP contribution in [0.15, 0.2) is 36.7 Å². The number of aromatic amines is 1. The standard InChI is InChI=1S/C15H12N6O2/c1-23-15(22)10(6-16)13-14(19-9-7-17-18-8-9)21-12-5-3-2-4-11(12)20-13/h2-5,7-8,10H,1H3,(H,17,18)(H,19,21). The van der Waals surface area contributed by atoms with E-state index in [2.05, 4.69) is 30.2 Å². The summed E-state index contributed by atoms with van der Waals surface area (Å²) in [6.07, 6.45) is 3.18. The second-order valence-electron chi connectivity index (χ2n) is 4.64. The highest BCUT2D eigenvalue weighted by Crippen LogP contribution is 2.27. The lowest BCUT2D eigenvalue weighted by molar-refractivity contribution is -0.141. The van der Waals surface area contributed by atoms with Crippen molar-refractivity contribution in [2.45, 2.75) is 5.92 Å². The fourth-order valence-electron chi connectivity index (χ4n) is 2.11. The van der Waals surface area contributed by atoms with Crippen molar-refractivity contribution in [2.75, 3.05) is 12.4 Å². The van der Waals surface area contributed by atoms with Crippen molar-refractivity contribution >= 4 is 28.5 Å². The van der Waals surface area contributed by atoms with Crippen molar-refractivity contribution in [3.05, 3.63) is 42.4 Å². The highest BCUT2D eigenvalue weighted by molar-refractivity contribution is 5.85. The van der Waals surface area contributed by atoms with Crippen LogP contribution >= 0.6 is 0 Å². The van der Waals surface area contributed by atoms with E-state index in [9.17, 15) is 10.1 Å². The van der Waals surface area contributed by atoms with Crippen LogP contribution in [0.4, 0.5) is 11.5 Å². The fraction of sp³-hybridized carbons (Fsp3) is 0.133. The molecule has 0 aliphatic rings. The Morgan fingerprint density at radius 3 is 2.70 bits per heavy atom. The molecule has 1 atom stereocenters. The molecule has 1 unspecified atom stereocenters. The number of ether oxygens (including phenoxy) is 1. The summed E-state index contributed by atoms with van der Waals surface area (Å²) in [6, 6.07) is 9.12. The summed E-state index contributed by atoms with van der Waals surface area (Å²) < 4.78 is 4.68. The number of fused-ring (bicyclic) bond motifs is 1. The number of nitriles is 1. The lowest BCUT2D eigenvalue weighted by atomic mass is 10.1. The zero-order chi connectivity index (χ0) is 16.2. The summed E-state index contributed by atoms with van der Waals surface area (Å²) >= 11 is 0. The number of methoxy groups -OCH3 is 1. The Balaban J connectivity index is 2.16. The van der Waals surface area contributed by atoms with Gasteiger partial charge in [0.05, 0.1) is 36.1 Å². The number of nitrogens with one attached hydrogen (secondary N) is 2. The monoisotopic (exact) mass is 308 g/mol. The molecule has 2 heterocycles. The highest BCUT2D eigenvalue weighted by Gasteiger charge is 2.27. The molecule has 0 aliphatic carbocycles. The smallest absolute Gasteiger partial charge is 0.329 e. The van der Waals surface area contributed by atoms with Crippen LogP contribution in [0.2, 0.25) is 0 Å². The quantitative estimate of drug-likeness (QED) is 0.706. The van der Waals surface area contributed by atoms with E-state index in [1.807, 2.05) is 18.2 Å². The molecule has 0 saturated heterocycles. The first-order valence-corrected chi connectivity index (χ1v) is 6.73. The summed E-state index contributed by atoms with van der Waals surface area (Å²) in [7, 11) is 1.23. The third-order valence-electron chi connectivity index (χ3n) is 3.20. The number of hydrogen-bond donors (Lipinski definition) is 2. The minimum Gasteiger partial charge on any atom is -0.468 e. The van der Waals surface area contributed by atoms with E-state index in [1.54, 1.807) is 24.5 Å². The van der Waals surface area contributed by atoms with E-state index in [4.69, 9.17) is 0 Å². The van der Waals surface area contributed by atoms with Gasteiger partial charge in [0.1, 0.15) is 5.69 Å². The molecule has 8 nitrogen and oxygen atoms in total. The van der Waals surface area contributed by atoms with Gasteiger partial charge in [0.15, 0.2) is 11.7 Å². The van der Waals surface area contributed by atoms with Crippen LogP contribution in [0.5, 0.6) is 0 Å². The van der Waals surface area contributed by atoms with E-state index in [0.29, 0.717) is 22.5 Å². The molecule has 3 aromatic rings. The molecule has 0 amide bonds. The Bertz CT molecular complexity index is 885. The number of anilines is 2. The first-order valence-electron chi connectivity index (χ1n) is 6.73. The van der Waals surface area contributed by atoms with Crippen molar-refractivity contribution in [1.82, 2.24) is 20.2 Å².